The average molecular weight is 367 g/mol. The first kappa shape index (κ1) is 18.8. The Morgan fingerprint density at radius 2 is 2.08 bits per heavy atom. The SMILES string of the molecule is COCCN(Cc1nccs1)C(=O)[C@@H](C)Sc1nc(C)cc(C)n1. The molecule has 8 heteroatoms. The van der Waals surface area contributed by atoms with E-state index in [1.807, 2.05) is 32.2 Å². The molecule has 0 unspecified atom stereocenters. The van der Waals surface area contributed by atoms with Crippen LogP contribution >= 0.6 is 23.1 Å². The predicted octanol–water partition coefficient (Wildman–Crippen LogP) is 2.71. The smallest absolute Gasteiger partial charge is 0.236 e. The van der Waals surface area contributed by atoms with Crippen LogP contribution in [0.5, 0.6) is 0 Å². The second kappa shape index (κ2) is 9.10. The molecular weight excluding hydrogens is 344 g/mol. The van der Waals surface area contributed by atoms with Crippen LogP contribution < -0.4 is 0 Å². The number of rotatable bonds is 8. The number of thioether (sulfide) groups is 1. The lowest BCUT2D eigenvalue weighted by Crippen LogP contribution is -2.38. The summed E-state index contributed by atoms with van der Waals surface area (Å²) >= 11 is 2.93. The van der Waals surface area contributed by atoms with E-state index in [1.54, 1.807) is 29.5 Å². The molecule has 130 valence electrons. The van der Waals surface area contributed by atoms with Crippen LogP contribution in [0.3, 0.4) is 0 Å². The fourth-order valence-electron chi connectivity index (χ4n) is 2.17. The Kier molecular flexibility index (Phi) is 7.14. The van der Waals surface area contributed by atoms with Crippen molar-refractivity contribution in [1.82, 2.24) is 19.9 Å². The number of nitrogens with zero attached hydrogens (tertiary/aromatic N) is 4. The number of ether oxygens (including phenoxy) is 1. The maximum Gasteiger partial charge on any atom is 0.236 e. The molecule has 0 saturated heterocycles. The van der Waals surface area contributed by atoms with Gasteiger partial charge in [0.05, 0.1) is 18.4 Å². The van der Waals surface area contributed by atoms with E-state index in [0.717, 1.165) is 16.4 Å². The lowest BCUT2D eigenvalue weighted by atomic mass is 10.3. The molecule has 2 aromatic heterocycles. The van der Waals surface area contributed by atoms with Gasteiger partial charge in [0, 0.05) is 36.6 Å². The molecule has 2 aromatic rings. The van der Waals surface area contributed by atoms with E-state index in [1.165, 1.54) is 11.8 Å². The summed E-state index contributed by atoms with van der Waals surface area (Å²) in [4.78, 5) is 27.7. The lowest BCUT2D eigenvalue weighted by Gasteiger charge is -2.24. The molecule has 2 rings (SSSR count). The van der Waals surface area contributed by atoms with Crippen LogP contribution in [0.2, 0.25) is 0 Å². The molecule has 1 atom stereocenters. The minimum Gasteiger partial charge on any atom is -0.383 e. The average Bonchev–Trinajstić information content (AvgIpc) is 3.02. The third-order valence-corrected chi connectivity index (χ3v) is 4.99. The van der Waals surface area contributed by atoms with Crippen molar-refractivity contribution in [2.45, 2.75) is 37.7 Å². The van der Waals surface area contributed by atoms with Gasteiger partial charge in [-0.1, -0.05) is 11.8 Å². The van der Waals surface area contributed by atoms with Gasteiger partial charge in [-0.3, -0.25) is 4.79 Å². The fourth-order valence-corrected chi connectivity index (χ4v) is 3.77. The van der Waals surface area contributed by atoms with E-state index in [2.05, 4.69) is 15.0 Å². The van der Waals surface area contributed by atoms with Crippen molar-refractivity contribution in [3.05, 3.63) is 34.0 Å². The minimum atomic E-state index is -0.275. The summed E-state index contributed by atoms with van der Waals surface area (Å²) in [6.45, 7) is 7.27. The second-order valence-corrected chi connectivity index (χ2v) is 7.66. The van der Waals surface area contributed by atoms with Crippen LogP contribution in [0, 0.1) is 13.8 Å². The standard InChI is InChI=1S/C16H22N4O2S2/c1-11-9-12(2)19-16(18-11)24-13(3)15(21)20(6-7-22-4)10-14-17-5-8-23-14/h5,8-9,13H,6-7,10H2,1-4H3/t13-/m1/s1. The Bertz CT molecular complexity index is 644. The summed E-state index contributed by atoms with van der Waals surface area (Å²) in [7, 11) is 1.63. The summed E-state index contributed by atoms with van der Waals surface area (Å²) in [6, 6.07) is 1.92. The Hall–Kier alpha value is -1.51. The first-order valence-corrected chi connectivity index (χ1v) is 9.40. The van der Waals surface area contributed by atoms with E-state index in [0.29, 0.717) is 24.9 Å². The van der Waals surface area contributed by atoms with E-state index >= 15 is 0 Å². The van der Waals surface area contributed by atoms with Crippen molar-refractivity contribution in [1.29, 1.82) is 0 Å². The van der Waals surface area contributed by atoms with Crippen LogP contribution in [-0.4, -0.2) is 51.3 Å². The monoisotopic (exact) mass is 366 g/mol. The molecule has 0 fully saturated rings. The van der Waals surface area contributed by atoms with Gasteiger partial charge < -0.3 is 9.64 Å². The van der Waals surface area contributed by atoms with Crippen molar-refractivity contribution >= 4 is 29.0 Å². The number of hydrogen-bond donors (Lipinski definition) is 0. The number of carbonyl (C=O) groups is 1. The molecule has 0 aliphatic heterocycles. The van der Waals surface area contributed by atoms with Gasteiger partial charge in [0.2, 0.25) is 5.91 Å². The Morgan fingerprint density at radius 1 is 1.38 bits per heavy atom. The zero-order chi connectivity index (χ0) is 17.5. The maximum absolute atomic E-state index is 12.8. The van der Waals surface area contributed by atoms with Gasteiger partial charge in [0.25, 0.3) is 0 Å². The van der Waals surface area contributed by atoms with Gasteiger partial charge >= 0.3 is 0 Å². The zero-order valence-electron chi connectivity index (χ0n) is 14.4. The van der Waals surface area contributed by atoms with Gasteiger partial charge in [-0.2, -0.15) is 0 Å². The van der Waals surface area contributed by atoms with Gasteiger partial charge in [-0.05, 0) is 26.8 Å². The molecule has 0 radical (unpaired) electrons. The van der Waals surface area contributed by atoms with Gasteiger partial charge in [-0.25, -0.2) is 15.0 Å². The summed E-state index contributed by atoms with van der Waals surface area (Å²) < 4.78 is 5.13. The van der Waals surface area contributed by atoms with Crippen LogP contribution in [0.4, 0.5) is 0 Å². The first-order valence-electron chi connectivity index (χ1n) is 7.64. The Labute approximate surface area is 150 Å². The molecule has 0 saturated carbocycles. The molecular formula is C16H22N4O2S2. The molecule has 0 aromatic carbocycles. The number of thiazole rings is 1. The zero-order valence-corrected chi connectivity index (χ0v) is 16.0. The summed E-state index contributed by atoms with van der Waals surface area (Å²) in [5, 5.41) is 3.19. The molecule has 2 heterocycles. The number of hydrogen-bond acceptors (Lipinski definition) is 7. The number of aromatic nitrogens is 3. The van der Waals surface area contributed by atoms with E-state index in [-0.39, 0.29) is 11.2 Å². The lowest BCUT2D eigenvalue weighted by molar-refractivity contribution is -0.131. The van der Waals surface area contributed by atoms with Gasteiger partial charge in [0.15, 0.2) is 5.16 Å². The molecule has 6 nitrogen and oxygen atoms in total. The predicted molar refractivity (Wildman–Crippen MR) is 96.2 cm³/mol. The van der Waals surface area contributed by atoms with E-state index in [9.17, 15) is 4.79 Å². The molecule has 0 aliphatic rings. The highest BCUT2D eigenvalue weighted by atomic mass is 32.2. The topological polar surface area (TPSA) is 68.2 Å². The molecule has 0 N–H and O–H groups in total. The summed E-state index contributed by atoms with van der Waals surface area (Å²) in [5.74, 6) is 0.0370. The van der Waals surface area contributed by atoms with E-state index < -0.39 is 0 Å². The molecule has 1 amide bonds. The van der Waals surface area contributed by atoms with Gasteiger partial charge in [0.1, 0.15) is 5.01 Å². The third-order valence-electron chi connectivity index (χ3n) is 3.28. The highest BCUT2D eigenvalue weighted by Crippen LogP contribution is 2.22. The highest BCUT2D eigenvalue weighted by Gasteiger charge is 2.23. The van der Waals surface area contributed by atoms with E-state index in [4.69, 9.17) is 4.74 Å². The fraction of sp³-hybridized carbons (Fsp3) is 0.500. The molecule has 0 spiro atoms. The minimum absolute atomic E-state index is 0.0370. The largest absolute Gasteiger partial charge is 0.383 e. The normalized spacial score (nSPS) is 12.2. The Morgan fingerprint density at radius 3 is 2.67 bits per heavy atom. The van der Waals surface area contributed by atoms with Crippen LogP contribution in [0.1, 0.15) is 23.3 Å². The summed E-state index contributed by atoms with van der Waals surface area (Å²) in [5.41, 5.74) is 1.81. The third kappa shape index (κ3) is 5.54. The first-order chi connectivity index (χ1) is 11.5. The van der Waals surface area contributed by atoms with Gasteiger partial charge in [-0.15, -0.1) is 11.3 Å². The second-order valence-electron chi connectivity index (χ2n) is 5.37. The molecule has 0 bridgehead atoms. The van der Waals surface area contributed by atoms with Crippen LogP contribution in [0.25, 0.3) is 0 Å². The quantitative estimate of drug-likeness (QED) is 0.528. The van der Waals surface area contributed by atoms with Crippen LogP contribution in [-0.2, 0) is 16.1 Å². The maximum atomic E-state index is 12.8. The molecule has 24 heavy (non-hydrogen) atoms. The van der Waals surface area contributed by atoms with Crippen molar-refractivity contribution in [3.8, 4) is 0 Å². The molecule has 0 aliphatic carbocycles. The van der Waals surface area contributed by atoms with Crippen molar-refractivity contribution in [2.75, 3.05) is 20.3 Å². The van der Waals surface area contributed by atoms with Crippen molar-refractivity contribution < 1.29 is 9.53 Å². The van der Waals surface area contributed by atoms with Crippen LogP contribution in [0.15, 0.2) is 22.8 Å². The number of aryl methyl sites for hydroxylation is 2. The van der Waals surface area contributed by atoms with Crippen molar-refractivity contribution in [2.24, 2.45) is 0 Å². The number of methoxy groups -OCH3 is 1. The Balaban J connectivity index is 2.06. The highest BCUT2D eigenvalue weighted by molar-refractivity contribution is 8.00. The summed E-state index contributed by atoms with van der Waals surface area (Å²) in [6.07, 6.45) is 1.75. The number of carbonyl (C=O) groups excluding carboxylic acids is 1. The number of amides is 1. The van der Waals surface area contributed by atoms with Crippen molar-refractivity contribution in [3.63, 3.8) is 0 Å².